The maximum atomic E-state index is 3.30. The molecule has 0 aromatic carbocycles. The van der Waals surface area contributed by atoms with E-state index >= 15 is 0 Å². The van der Waals surface area contributed by atoms with Gasteiger partial charge in [0.05, 0.1) is 10.2 Å². The van der Waals surface area contributed by atoms with Gasteiger partial charge in [-0.15, -0.1) is 11.5 Å². The lowest BCUT2D eigenvalue weighted by Crippen LogP contribution is -2.02. The average Bonchev–Trinajstić information content (AvgIpc) is 1.91. The summed E-state index contributed by atoms with van der Waals surface area (Å²) >= 11 is 0. The molecular formula is C8H14Si. The Labute approximate surface area is 60.5 Å². The summed E-state index contributed by atoms with van der Waals surface area (Å²) < 4.78 is 0. The van der Waals surface area contributed by atoms with Gasteiger partial charge in [-0.05, 0) is 12.8 Å². The van der Waals surface area contributed by atoms with Crippen LogP contribution in [0.25, 0.3) is 0 Å². The summed E-state index contributed by atoms with van der Waals surface area (Å²) in [6, 6.07) is 0. The number of hydrogen-bond acceptors (Lipinski definition) is 0. The fourth-order valence-corrected chi connectivity index (χ4v) is 1.86. The predicted octanol–water partition coefficient (Wildman–Crippen LogP) is 0.893. The van der Waals surface area contributed by atoms with Gasteiger partial charge in [0, 0.05) is 5.92 Å². The Hall–Kier alpha value is -0.223. The highest BCUT2D eigenvalue weighted by atomic mass is 28.1. The lowest BCUT2D eigenvalue weighted by atomic mass is 9.90. The highest BCUT2D eigenvalue weighted by Crippen LogP contribution is 2.22. The molecule has 0 N–H and O–H groups in total. The molecular weight excluding hydrogens is 124 g/mol. The first-order valence-corrected chi connectivity index (χ1v) is 4.86. The van der Waals surface area contributed by atoms with Crippen LogP contribution in [-0.4, -0.2) is 10.2 Å². The lowest BCUT2D eigenvalue weighted by Gasteiger charge is -2.15. The van der Waals surface area contributed by atoms with Crippen molar-refractivity contribution in [2.24, 2.45) is 5.92 Å². The Morgan fingerprint density at radius 1 is 1.11 bits per heavy atom. The molecule has 0 spiro atoms. The van der Waals surface area contributed by atoms with E-state index in [4.69, 9.17) is 0 Å². The summed E-state index contributed by atoms with van der Waals surface area (Å²) in [4.78, 5) is 0. The summed E-state index contributed by atoms with van der Waals surface area (Å²) in [5.41, 5.74) is 3.13. The summed E-state index contributed by atoms with van der Waals surface area (Å²) in [5.74, 6) is 4.07. The standard InChI is InChI=1S/C8H14Si/c9-7-6-8-4-2-1-3-5-8/h8H,1-5H2,9H3. The van der Waals surface area contributed by atoms with E-state index < -0.39 is 0 Å². The van der Waals surface area contributed by atoms with Gasteiger partial charge >= 0.3 is 0 Å². The maximum absolute atomic E-state index is 3.30. The molecule has 0 heterocycles. The Bertz CT molecular complexity index is 123. The van der Waals surface area contributed by atoms with E-state index in [2.05, 4.69) is 11.5 Å². The second-order valence-corrected chi connectivity index (χ2v) is 3.23. The van der Waals surface area contributed by atoms with Crippen molar-refractivity contribution in [1.82, 2.24) is 0 Å². The Kier molecular flexibility index (Phi) is 2.86. The summed E-state index contributed by atoms with van der Waals surface area (Å²) in [6.45, 7) is 0. The summed E-state index contributed by atoms with van der Waals surface area (Å²) in [6.07, 6.45) is 7.02. The van der Waals surface area contributed by atoms with Gasteiger partial charge in [-0.25, -0.2) is 0 Å². The van der Waals surface area contributed by atoms with Crippen LogP contribution in [0.3, 0.4) is 0 Å². The van der Waals surface area contributed by atoms with Crippen LogP contribution in [0.5, 0.6) is 0 Å². The first-order chi connectivity index (χ1) is 4.43. The van der Waals surface area contributed by atoms with Crippen molar-refractivity contribution in [2.75, 3.05) is 0 Å². The van der Waals surface area contributed by atoms with E-state index in [0.29, 0.717) is 0 Å². The van der Waals surface area contributed by atoms with Crippen molar-refractivity contribution in [2.45, 2.75) is 32.1 Å². The van der Waals surface area contributed by atoms with E-state index in [1.807, 2.05) is 0 Å². The normalized spacial score (nSPS) is 20.9. The zero-order chi connectivity index (χ0) is 6.53. The Balaban J connectivity index is 2.28. The fourth-order valence-electron chi connectivity index (χ4n) is 1.45. The van der Waals surface area contributed by atoms with Gasteiger partial charge in [-0.2, -0.15) is 0 Å². The quantitative estimate of drug-likeness (QED) is 0.344. The first kappa shape index (κ1) is 6.89. The van der Waals surface area contributed by atoms with Gasteiger partial charge in [0.25, 0.3) is 0 Å². The smallest absolute Gasteiger partial charge is 0.0906 e. The van der Waals surface area contributed by atoms with E-state index in [1.54, 1.807) is 0 Å². The van der Waals surface area contributed by atoms with Gasteiger partial charge in [0.15, 0.2) is 0 Å². The predicted molar refractivity (Wildman–Crippen MR) is 44.3 cm³/mol. The van der Waals surface area contributed by atoms with Crippen LogP contribution in [0.2, 0.25) is 0 Å². The summed E-state index contributed by atoms with van der Waals surface area (Å²) in [5, 5.41) is 0. The van der Waals surface area contributed by atoms with Gasteiger partial charge in [-0.3, -0.25) is 0 Å². The maximum Gasteiger partial charge on any atom is 0.0906 e. The average molecular weight is 138 g/mol. The van der Waals surface area contributed by atoms with Crippen molar-refractivity contribution in [3.05, 3.63) is 0 Å². The van der Waals surface area contributed by atoms with Crippen LogP contribution in [0.15, 0.2) is 0 Å². The van der Waals surface area contributed by atoms with Crippen molar-refractivity contribution in [1.29, 1.82) is 0 Å². The number of hydrogen-bond donors (Lipinski definition) is 0. The van der Waals surface area contributed by atoms with Crippen molar-refractivity contribution < 1.29 is 0 Å². The van der Waals surface area contributed by atoms with Crippen LogP contribution < -0.4 is 0 Å². The molecule has 0 radical (unpaired) electrons. The monoisotopic (exact) mass is 138 g/mol. The van der Waals surface area contributed by atoms with Crippen molar-refractivity contribution in [3.8, 4) is 11.5 Å². The topological polar surface area (TPSA) is 0 Å². The zero-order valence-corrected chi connectivity index (χ0v) is 8.11. The third-order valence-electron chi connectivity index (χ3n) is 1.95. The van der Waals surface area contributed by atoms with Crippen LogP contribution in [0.1, 0.15) is 32.1 Å². The molecule has 1 rings (SSSR count). The Morgan fingerprint density at radius 2 is 1.78 bits per heavy atom. The molecule has 1 heteroatoms. The molecule has 0 aromatic rings. The first-order valence-electron chi connectivity index (χ1n) is 3.86. The largest absolute Gasteiger partial charge is 0.143 e. The second kappa shape index (κ2) is 3.74. The van der Waals surface area contributed by atoms with Gasteiger partial charge in [-0.1, -0.05) is 19.3 Å². The number of rotatable bonds is 0. The third kappa shape index (κ3) is 2.23. The fraction of sp³-hybridized carbons (Fsp3) is 0.750. The third-order valence-corrected chi connectivity index (χ3v) is 2.24. The van der Waals surface area contributed by atoms with E-state index in [-0.39, 0.29) is 0 Å². The molecule has 50 valence electrons. The minimum Gasteiger partial charge on any atom is -0.143 e. The molecule has 1 aliphatic rings. The minimum atomic E-state index is 0.774. The van der Waals surface area contributed by atoms with Crippen molar-refractivity contribution in [3.63, 3.8) is 0 Å². The van der Waals surface area contributed by atoms with Crippen LogP contribution >= 0.6 is 0 Å². The summed E-state index contributed by atoms with van der Waals surface area (Å²) in [7, 11) is 1.06. The molecule has 0 bridgehead atoms. The van der Waals surface area contributed by atoms with Gasteiger partial charge in [0.2, 0.25) is 0 Å². The molecule has 0 atom stereocenters. The Morgan fingerprint density at radius 3 is 2.33 bits per heavy atom. The van der Waals surface area contributed by atoms with Crippen LogP contribution in [0.4, 0.5) is 0 Å². The molecule has 1 aliphatic carbocycles. The molecule has 1 fully saturated rings. The highest BCUT2D eigenvalue weighted by Gasteiger charge is 2.08. The molecule has 0 saturated heterocycles. The second-order valence-electron chi connectivity index (χ2n) is 2.73. The van der Waals surface area contributed by atoms with E-state index in [9.17, 15) is 0 Å². The molecule has 0 aromatic heterocycles. The van der Waals surface area contributed by atoms with Crippen LogP contribution in [-0.2, 0) is 0 Å². The zero-order valence-electron chi connectivity index (χ0n) is 6.11. The molecule has 0 unspecified atom stereocenters. The molecule has 0 nitrogen and oxygen atoms in total. The minimum absolute atomic E-state index is 0.774. The van der Waals surface area contributed by atoms with E-state index in [0.717, 1.165) is 16.2 Å². The van der Waals surface area contributed by atoms with E-state index in [1.165, 1.54) is 32.1 Å². The van der Waals surface area contributed by atoms with Gasteiger partial charge < -0.3 is 0 Å². The highest BCUT2D eigenvalue weighted by molar-refractivity contribution is 6.22. The SMILES string of the molecule is [SiH3]C#CC1CCCCC1. The molecule has 0 amide bonds. The lowest BCUT2D eigenvalue weighted by molar-refractivity contribution is 0.430. The molecule has 9 heavy (non-hydrogen) atoms. The molecule has 1 saturated carbocycles. The molecule has 0 aliphatic heterocycles. The van der Waals surface area contributed by atoms with Crippen molar-refractivity contribution >= 4 is 10.2 Å². The van der Waals surface area contributed by atoms with Crippen LogP contribution in [0, 0.1) is 17.4 Å². The van der Waals surface area contributed by atoms with Gasteiger partial charge in [0.1, 0.15) is 0 Å².